The van der Waals surface area contributed by atoms with Gasteiger partial charge in [-0.25, -0.2) is 4.39 Å². The minimum Gasteiger partial charge on any atom is -0.311 e. The van der Waals surface area contributed by atoms with E-state index >= 15 is 0 Å². The van der Waals surface area contributed by atoms with Gasteiger partial charge >= 0.3 is 0 Å². The number of rotatable bonds is 7. The fraction of sp³-hybridized carbons (Fsp3) is 0.435. The predicted octanol–water partition coefficient (Wildman–Crippen LogP) is 4.52. The van der Waals surface area contributed by atoms with E-state index < -0.39 is 0 Å². The van der Waals surface area contributed by atoms with Crippen LogP contribution in [0.2, 0.25) is 0 Å². The van der Waals surface area contributed by atoms with E-state index in [0.717, 1.165) is 37.7 Å². The Morgan fingerprint density at radius 1 is 1.07 bits per heavy atom. The topological polar surface area (TPSA) is 23.6 Å². The lowest BCUT2D eigenvalue weighted by Crippen LogP contribution is -2.42. The third kappa shape index (κ3) is 5.64. The normalized spacial score (nSPS) is 15.6. The smallest absolute Gasteiger partial charge is 0.226 e. The van der Waals surface area contributed by atoms with Gasteiger partial charge in [0, 0.05) is 25.2 Å². The van der Waals surface area contributed by atoms with Crippen LogP contribution in [0.5, 0.6) is 0 Å². The standard InChI is InChI=1S/C23H29FN2O/c1-2-23(27)26(22-10-8-21(24)9-11-22)17-16-25-14-12-20(13-15-25)18-19-6-4-3-5-7-19/h3-11,20H,2,12-18H2,1H3. The highest BCUT2D eigenvalue weighted by atomic mass is 19.1. The summed E-state index contributed by atoms with van der Waals surface area (Å²) >= 11 is 0. The molecule has 0 aromatic heterocycles. The number of halogens is 1. The minimum atomic E-state index is -0.275. The highest BCUT2D eigenvalue weighted by Crippen LogP contribution is 2.22. The molecule has 144 valence electrons. The van der Waals surface area contributed by atoms with Gasteiger partial charge in [-0.3, -0.25) is 4.79 Å². The molecule has 0 bridgehead atoms. The van der Waals surface area contributed by atoms with Crippen LogP contribution >= 0.6 is 0 Å². The molecule has 3 nitrogen and oxygen atoms in total. The molecule has 1 aliphatic rings. The van der Waals surface area contributed by atoms with E-state index in [-0.39, 0.29) is 11.7 Å². The van der Waals surface area contributed by atoms with Gasteiger partial charge in [0.05, 0.1) is 0 Å². The summed E-state index contributed by atoms with van der Waals surface area (Å²) in [6.07, 6.45) is 4.02. The number of likely N-dealkylation sites (tertiary alicyclic amines) is 1. The number of anilines is 1. The minimum absolute atomic E-state index is 0.0839. The Bertz CT molecular complexity index is 709. The number of carbonyl (C=O) groups excluding carboxylic acids is 1. The van der Waals surface area contributed by atoms with Crippen LogP contribution in [0.4, 0.5) is 10.1 Å². The molecule has 2 aromatic rings. The summed E-state index contributed by atoms with van der Waals surface area (Å²) in [6, 6.07) is 16.9. The molecular weight excluding hydrogens is 339 g/mol. The molecule has 0 unspecified atom stereocenters. The molecule has 1 amide bonds. The Morgan fingerprint density at radius 3 is 2.37 bits per heavy atom. The Labute approximate surface area is 161 Å². The number of piperidine rings is 1. The van der Waals surface area contributed by atoms with E-state index in [1.54, 1.807) is 17.0 Å². The van der Waals surface area contributed by atoms with Gasteiger partial charge in [0.25, 0.3) is 0 Å². The van der Waals surface area contributed by atoms with Gasteiger partial charge in [-0.2, -0.15) is 0 Å². The maximum Gasteiger partial charge on any atom is 0.226 e. The first kappa shape index (κ1) is 19.6. The summed E-state index contributed by atoms with van der Waals surface area (Å²) in [7, 11) is 0. The second-order valence-electron chi connectivity index (χ2n) is 7.35. The first-order chi connectivity index (χ1) is 13.2. The average Bonchev–Trinajstić information content (AvgIpc) is 2.71. The fourth-order valence-corrected chi connectivity index (χ4v) is 3.81. The second-order valence-corrected chi connectivity index (χ2v) is 7.35. The van der Waals surface area contributed by atoms with Crippen molar-refractivity contribution in [2.45, 2.75) is 32.6 Å². The third-order valence-electron chi connectivity index (χ3n) is 5.46. The summed E-state index contributed by atoms with van der Waals surface area (Å²) in [4.78, 5) is 16.6. The van der Waals surface area contributed by atoms with Crippen LogP contribution in [-0.4, -0.2) is 37.0 Å². The third-order valence-corrected chi connectivity index (χ3v) is 5.46. The Balaban J connectivity index is 1.50. The molecule has 1 heterocycles. The lowest BCUT2D eigenvalue weighted by molar-refractivity contribution is -0.118. The summed E-state index contributed by atoms with van der Waals surface area (Å²) in [6.45, 7) is 5.54. The lowest BCUT2D eigenvalue weighted by atomic mass is 9.90. The molecule has 0 saturated carbocycles. The first-order valence-electron chi connectivity index (χ1n) is 9.98. The molecule has 1 saturated heterocycles. The van der Waals surface area contributed by atoms with Gasteiger partial charge in [0.1, 0.15) is 5.82 Å². The summed E-state index contributed by atoms with van der Waals surface area (Å²) < 4.78 is 13.2. The molecule has 0 N–H and O–H groups in total. The van der Waals surface area contributed by atoms with E-state index in [1.807, 2.05) is 6.92 Å². The summed E-state index contributed by atoms with van der Waals surface area (Å²) in [5.41, 5.74) is 2.20. The molecule has 3 rings (SSSR count). The summed E-state index contributed by atoms with van der Waals surface area (Å²) in [5.74, 6) is 0.554. The number of hydrogen-bond acceptors (Lipinski definition) is 2. The van der Waals surface area contributed by atoms with Crippen LogP contribution < -0.4 is 4.90 Å². The van der Waals surface area contributed by atoms with Crippen molar-refractivity contribution < 1.29 is 9.18 Å². The van der Waals surface area contributed by atoms with E-state index in [9.17, 15) is 9.18 Å². The zero-order chi connectivity index (χ0) is 19.1. The van der Waals surface area contributed by atoms with Crippen LogP contribution in [0.15, 0.2) is 54.6 Å². The molecule has 27 heavy (non-hydrogen) atoms. The quantitative estimate of drug-likeness (QED) is 0.717. The molecule has 4 heteroatoms. The largest absolute Gasteiger partial charge is 0.311 e. The van der Waals surface area contributed by atoms with Gasteiger partial charge in [0.2, 0.25) is 5.91 Å². The monoisotopic (exact) mass is 368 g/mol. The molecular formula is C23H29FN2O. The first-order valence-corrected chi connectivity index (χ1v) is 9.98. The number of hydrogen-bond donors (Lipinski definition) is 0. The van der Waals surface area contributed by atoms with Crippen molar-refractivity contribution in [2.24, 2.45) is 5.92 Å². The Kier molecular flexibility index (Phi) is 6.99. The van der Waals surface area contributed by atoms with Crippen LogP contribution in [-0.2, 0) is 11.2 Å². The number of nitrogens with zero attached hydrogens (tertiary/aromatic N) is 2. The number of amides is 1. The van der Waals surface area contributed by atoms with Crippen LogP contribution in [0.1, 0.15) is 31.7 Å². The fourth-order valence-electron chi connectivity index (χ4n) is 3.81. The molecule has 2 aromatic carbocycles. The van der Waals surface area contributed by atoms with Crippen molar-refractivity contribution in [3.63, 3.8) is 0 Å². The Hall–Kier alpha value is -2.20. The van der Waals surface area contributed by atoms with E-state index in [1.165, 1.54) is 30.5 Å². The van der Waals surface area contributed by atoms with Crippen molar-refractivity contribution in [3.8, 4) is 0 Å². The highest BCUT2D eigenvalue weighted by molar-refractivity contribution is 5.93. The van der Waals surface area contributed by atoms with E-state index in [2.05, 4.69) is 35.2 Å². The maximum absolute atomic E-state index is 13.2. The molecule has 0 radical (unpaired) electrons. The van der Waals surface area contributed by atoms with Crippen molar-refractivity contribution in [3.05, 3.63) is 66.0 Å². The van der Waals surface area contributed by atoms with Crippen molar-refractivity contribution in [1.82, 2.24) is 4.90 Å². The average molecular weight is 368 g/mol. The zero-order valence-corrected chi connectivity index (χ0v) is 16.1. The van der Waals surface area contributed by atoms with Gasteiger partial charge in [0.15, 0.2) is 0 Å². The molecule has 1 aliphatic heterocycles. The van der Waals surface area contributed by atoms with Crippen molar-refractivity contribution in [2.75, 3.05) is 31.1 Å². The maximum atomic E-state index is 13.2. The number of carbonyl (C=O) groups is 1. The van der Waals surface area contributed by atoms with Crippen LogP contribution in [0, 0.1) is 11.7 Å². The number of benzene rings is 2. The SMILES string of the molecule is CCC(=O)N(CCN1CCC(Cc2ccccc2)CC1)c1ccc(F)cc1. The van der Waals surface area contributed by atoms with Crippen LogP contribution in [0.25, 0.3) is 0 Å². The Morgan fingerprint density at radius 2 is 1.74 bits per heavy atom. The molecule has 0 aliphatic carbocycles. The van der Waals surface area contributed by atoms with E-state index in [0.29, 0.717) is 13.0 Å². The predicted molar refractivity (Wildman–Crippen MR) is 108 cm³/mol. The zero-order valence-electron chi connectivity index (χ0n) is 16.1. The van der Waals surface area contributed by atoms with Crippen molar-refractivity contribution in [1.29, 1.82) is 0 Å². The van der Waals surface area contributed by atoms with Gasteiger partial charge in [-0.15, -0.1) is 0 Å². The molecule has 0 spiro atoms. The molecule has 1 fully saturated rings. The van der Waals surface area contributed by atoms with Crippen molar-refractivity contribution >= 4 is 11.6 Å². The van der Waals surface area contributed by atoms with Gasteiger partial charge in [-0.1, -0.05) is 37.3 Å². The lowest BCUT2D eigenvalue weighted by Gasteiger charge is -2.33. The van der Waals surface area contributed by atoms with E-state index in [4.69, 9.17) is 0 Å². The van der Waals surface area contributed by atoms with Gasteiger partial charge < -0.3 is 9.80 Å². The summed E-state index contributed by atoms with van der Waals surface area (Å²) in [5, 5.41) is 0. The molecule has 0 atom stereocenters. The second kappa shape index (κ2) is 9.65. The van der Waals surface area contributed by atoms with Crippen LogP contribution in [0.3, 0.4) is 0 Å². The highest BCUT2D eigenvalue weighted by Gasteiger charge is 2.21. The van der Waals surface area contributed by atoms with Gasteiger partial charge in [-0.05, 0) is 68.1 Å².